The Morgan fingerprint density at radius 3 is 2.50 bits per heavy atom. The molecule has 4 heteroatoms. The van der Waals surface area contributed by atoms with Gasteiger partial charge in [-0.1, -0.05) is 32.4 Å². The molecule has 1 aromatic rings. The van der Waals surface area contributed by atoms with Gasteiger partial charge >= 0.3 is 0 Å². The Morgan fingerprint density at radius 2 is 2.00 bits per heavy atom. The molecule has 0 aliphatic rings. The van der Waals surface area contributed by atoms with E-state index in [2.05, 4.69) is 5.32 Å². The highest BCUT2D eigenvalue weighted by atomic mass is 35.5. The minimum atomic E-state index is -0.0788. The summed E-state index contributed by atoms with van der Waals surface area (Å²) in [5, 5.41) is 12.2. The minimum absolute atomic E-state index is 0.0670. The number of carbonyl (C=O) groups excluding carboxylic acids is 1. The van der Waals surface area contributed by atoms with Gasteiger partial charge in [-0.25, -0.2) is 0 Å². The molecule has 1 atom stereocenters. The predicted molar refractivity (Wildman–Crippen MR) is 65.7 cm³/mol. The third-order valence-electron chi connectivity index (χ3n) is 2.62. The number of nitrogens with one attached hydrogen (secondary N) is 1. The van der Waals surface area contributed by atoms with Crippen LogP contribution in [0.5, 0.6) is 5.75 Å². The zero-order chi connectivity index (χ0) is 12.3. The SMILES string of the molecule is CC(C)C(C)C(=O)Nc1ccc(O)cc1Cl. The van der Waals surface area contributed by atoms with Crippen molar-refractivity contribution in [2.75, 3.05) is 5.32 Å². The average molecular weight is 242 g/mol. The van der Waals surface area contributed by atoms with Crippen LogP contribution in [-0.4, -0.2) is 11.0 Å². The van der Waals surface area contributed by atoms with E-state index in [0.717, 1.165) is 0 Å². The molecule has 0 aliphatic carbocycles. The summed E-state index contributed by atoms with van der Waals surface area (Å²) in [6.07, 6.45) is 0. The number of aromatic hydroxyl groups is 1. The Kier molecular flexibility index (Phi) is 4.19. The number of halogens is 1. The summed E-state index contributed by atoms with van der Waals surface area (Å²) >= 11 is 5.88. The van der Waals surface area contributed by atoms with Crippen LogP contribution < -0.4 is 5.32 Å². The maximum absolute atomic E-state index is 11.8. The zero-order valence-electron chi connectivity index (χ0n) is 9.62. The molecule has 0 heterocycles. The van der Waals surface area contributed by atoms with Crippen LogP contribution in [0.3, 0.4) is 0 Å². The molecule has 88 valence electrons. The van der Waals surface area contributed by atoms with E-state index in [1.807, 2.05) is 20.8 Å². The van der Waals surface area contributed by atoms with Crippen molar-refractivity contribution in [3.05, 3.63) is 23.2 Å². The standard InChI is InChI=1S/C12H16ClNO2/c1-7(2)8(3)12(16)14-11-5-4-9(15)6-10(11)13/h4-8,15H,1-3H3,(H,14,16). The molecule has 0 radical (unpaired) electrons. The molecule has 3 nitrogen and oxygen atoms in total. The van der Waals surface area contributed by atoms with Gasteiger partial charge in [-0.05, 0) is 18.1 Å². The maximum atomic E-state index is 11.8. The molecule has 0 bridgehead atoms. The van der Waals surface area contributed by atoms with Gasteiger partial charge in [0.15, 0.2) is 0 Å². The molecule has 0 aliphatic heterocycles. The van der Waals surface area contributed by atoms with E-state index in [-0.39, 0.29) is 23.5 Å². The summed E-state index contributed by atoms with van der Waals surface area (Å²) in [7, 11) is 0. The number of anilines is 1. The molecule has 0 spiro atoms. The first-order chi connectivity index (χ1) is 7.41. The van der Waals surface area contributed by atoms with Gasteiger partial charge in [-0.2, -0.15) is 0 Å². The van der Waals surface area contributed by atoms with Crippen molar-refractivity contribution in [3.8, 4) is 5.75 Å². The van der Waals surface area contributed by atoms with E-state index in [4.69, 9.17) is 11.6 Å². The van der Waals surface area contributed by atoms with Crippen molar-refractivity contribution in [2.45, 2.75) is 20.8 Å². The lowest BCUT2D eigenvalue weighted by atomic mass is 9.97. The van der Waals surface area contributed by atoms with Crippen molar-refractivity contribution in [2.24, 2.45) is 11.8 Å². The van der Waals surface area contributed by atoms with Gasteiger partial charge in [0.25, 0.3) is 0 Å². The molecule has 16 heavy (non-hydrogen) atoms. The second kappa shape index (κ2) is 5.21. The Hall–Kier alpha value is -1.22. The van der Waals surface area contributed by atoms with E-state index in [0.29, 0.717) is 10.7 Å². The van der Waals surface area contributed by atoms with Crippen molar-refractivity contribution in [1.29, 1.82) is 0 Å². The lowest BCUT2D eigenvalue weighted by Crippen LogP contribution is -2.24. The molecule has 1 rings (SSSR count). The van der Waals surface area contributed by atoms with Crippen molar-refractivity contribution < 1.29 is 9.90 Å². The number of phenols is 1. The number of rotatable bonds is 3. The fraction of sp³-hybridized carbons (Fsp3) is 0.417. The largest absolute Gasteiger partial charge is 0.508 e. The zero-order valence-corrected chi connectivity index (χ0v) is 10.4. The Labute approximate surface area is 100 Å². The van der Waals surface area contributed by atoms with Gasteiger partial charge in [-0.3, -0.25) is 4.79 Å². The lowest BCUT2D eigenvalue weighted by Gasteiger charge is -2.15. The fourth-order valence-electron chi connectivity index (χ4n) is 1.15. The van der Waals surface area contributed by atoms with Gasteiger partial charge in [0.2, 0.25) is 5.91 Å². The second-order valence-electron chi connectivity index (χ2n) is 4.19. The predicted octanol–water partition coefficient (Wildman–Crippen LogP) is 3.28. The van der Waals surface area contributed by atoms with E-state index >= 15 is 0 Å². The number of carbonyl (C=O) groups is 1. The number of hydrogen-bond donors (Lipinski definition) is 2. The fourth-order valence-corrected chi connectivity index (χ4v) is 1.38. The molecule has 1 unspecified atom stereocenters. The van der Waals surface area contributed by atoms with Crippen molar-refractivity contribution in [3.63, 3.8) is 0 Å². The first-order valence-electron chi connectivity index (χ1n) is 5.21. The highest BCUT2D eigenvalue weighted by Crippen LogP contribution is 2.26. The maximum Gasteiger partial charge on any atom is 0.227 e. The third kappa shape index (κ3) is 3.14. The minimum Gasteiger partial charge on any atom is -0.508 e. The summed E-state index contributed by atoms with van der Waals surface area (Å²) in [5.41, 5.74) is 0.525. The number of hydrogen-bond acceptors (Lipinski definition) is 2. The molecular formula is C12H16ClNO2. The monoisotopic (exact) mass is 241 g/mol. The summed E-state index contributed by atoms with van der Waals surface area (Å²) in [5.74, 6) is 0.211. The summed E-state index contributed by atoms with van der Waals surface area (Å²) < 4.78 is 0. The van der Waals surface area contributed by atoms with Crippen LogP contribution in [-0.2, 0) is 4.79 Å². The average Bonchev–Trinajstić information content (AvgIpc) is 2.20. The van der Waals surface area contributed by atoms with Gasteiger partial charge in [0.05, 0.1) is 10.7 Å². The molecule has 1 aromatic carbocycles. The van der Waals surface area contributed by atoms with Crippen molar-refractivity contribution >= 4 is 23.2 Å². The van der Waals surface area contributed by atoms with Gasteiger partial charge < -0.3 is 10.4 Å². The highest BCUT2D eigenvalue weighted by Gasteiger charge is 2.17. The number of benzene rings is 1. The first kappa shape index (κ1) is 12.8. The van der Waals surface area contributed by atoms with Crippen LogP contribution in [0.25, 0.3) is 0 Å². The van der Waals surface area contributed by atoms with Crippen LogP contribution in [0, 0.1) is 11.8 Å². The van der Waals surface area contributed by atoms with Crippen LogP contribution in [0.2, 0.25) is 5.02 Å². The van der Waals surface area contributed by atoms with Crippen LogP contribution in [0.4, 0.5) is 5.69 Å². The normalized spacial score (nSPS) is 12.6. The Morgan fingerprint density at radius 1 is 1.38 bits per heavy atom. The van der Waals surface area contributed by atoms with Crippen LogP contribution >= 0.6 is 11.6 Å². The molecule has 0 fully saturated rings. The Bertz CT molecular complexity index is 391. The van der Waals surface area contributed by atoms with Gasteiger partial charge in [0, 0.05) is 12.0 Å². The van der Waals surface area contributed by atoms with Crippen LogP contribution in [0.15, 0.2) is 18.2 Å². The summed E-state index contributed by atoms with van der Waals surface area (Å²) in [6, 6.07) is 4.47. The summed E-state index contributed by atoms with van der Waals surface area (Å²) in [6.45, 7) is 5.85. The van der Waals surface area contributed by atoms with E-state index < -0.39 is 0 Å². The second-order valence-corrected chi connectivity index (χ2v) is 4.59. The molecular weight excluding hydrogens is 226 g/mol. The quantitative estimate of drug-likeness (QED) is 0.798. The molecule has 0 aromatic heterocycles. The lowest BCUT2D eigenvalue weighted by molar-refractivity contribution is -0.120. The van der Waals surface area contributed by atoms with Gasteiger partial charge in [-0.15, -0.1) is 0 Å². The smallest absolute Gasteiger partial charge is 0.227 e. The number of amides is 1. The molecule has 0 saturated heterocycles. The van der Waals surface area contributed by atoms with Gasteiger partial charge in [0.1, 0.15) is 5.75 Å². The summed E-state index contributed by atoms with van der Waals surface area (Å²) in [4.78, 5) is 11.8. The van der Waals surface area contributed by atoms with E-state index in [1.165, 1.54) is 12.1 Å². The molecule has 1 amide bonds. The molecule has 0 saturated carbocycles. The van der Waals surface area contributed by atoms with E-state index in [9.17, 15) is 9.90 Å². The van der Waals surface area contributed by atoms with Crippen molar-refractivity contribution in [1.82, 2.24) is 0 Å². The van der Waals surface area contributed by atoms with E-state index in [1.54, 1.807) is 6.07 Å². The number of phenolic OH excluding ortho intramolecular Hbond substituents is 1. The third-order valence-corrected chi connectivity index (χ3v) is 2.94. The molecule has 2 N–H and O–H groups in total. The Balaban J connectivity index is 2.77. The highest BCUT2D eigenvalue weighted by molar-refractivity contribution is 6.33. The van der Waals surface area contributed by atoms with Crippen LogP contribution in [0.1, 0.15) is 20.8 Å². The first-order valence-corrected chi connectivity index (χ1v) is 5.59. The topological polar surface area (TPSA) is 49.3 Å².